The van der Waals surface area contributed by atoms with E-state index in [1.54, 1.807) is 36.4 Å². The number of Topliss-reactive ketones (excluding diaryl/α,β-unsaturated/α-hetero) is 1. The molecule has 0 aliphatic carbocycles. The number of nitrogens with zero attached hydrogens (tertiary/aromatic N) is 2. The maximum absolute atomic E-state index is 13.5. The summed E-state index contributed by atoms with van der Waals surface area (Å²) < 4.78 is 19.7. The minimum atomic E-state index is -0.787. The average molecular weight is 489 g/mol. The number of ether oxygens (including phenoxy) is 1. The molecule has 0 radical (unpaired) electrons. The summed E-state index contributed by atoms with van der Waals surface area (Å²) >= 11 is 3.35. The molecule has 2 aliphatic rings. The van der Waals surface area contributed by atoms with Crippen molar-refractivity contribution in [2.45, 2.75) is 6.04 Å². The van der Waals surface area contributed by atoms with Crippen LogP contribution in [0.5, 0.6) is 0 Å². The summed E-state index contributed by atoms with van der Waals surface area (Å²) in [6.45, 7) is 3.65. The molecule has 2 saturated heterocycles. The van der Waals surface area contributed by atoms with Gasteiger partial charge in [0.1, 0.15) is 11.6 Å². The van der Waals surface area contributed by atoms with Crippen LogP contribution in [0.1, 0.15) is 17.2 Å². The molecule has 2 heterocycles. The molecule has 6 nitrogen and oxygen atoms in total. The van der Waals surface area contributed by atoms with E-state index in [1.807, 2.05) is 0 Å². The molecule has 2 aliphatic heterocycles. The van der Waals surface area contributed by atoms with E-state index in [0.29, 0.717) is 37.4 Å². The zero-order valence-electron chi connectivity index (χ0n) is 16.8. The van der Waals surface area contributed by atoms with E-state index in [9.17, 15) is 19.1 Å². The fourth-order valence-corrected chi connectivity index (χ4v) is 4.20. The van der Waals surface area contributed by atoms with E-state index < -0.39 is 23.5 Å². The Bertz CT molecular complexity index is 1000. The maximum Gasteiger partial charge on any atom is 0.295 e. The second kappa shape index (κ2) is 9.30. The summed E-state index contributed by atoms with van der Waals surface area (Å²) in [7, 11) is 0. The molecule has 0 bridgehead atoms. The van der Waals surface area contributed by atoms with Crippen molar-refractivity contribution in [3.63, 3.8) is 0 Å². The minimum Gasteiger partial charge on any atom is -0.507 e. The van der Waals surface area contributed by atoms with Gasteiger partial charge in [0.2, 0.25) is 0 Å². The smallest absolute Gasteiger partial charge is 0.295 e. The summed E-state index contributed by atoms with van der Waals surface area (Å²) in [5.74, 6) is -2.06. The molecular weight excluding hydrogens is 467 g/mol. The van der Waals surface area contributed by atoms with Gasteiger partial charge in [-0.1, -0.05) is 40.2 Å². The monoisotopic (exact) mass is 488 g/mol. The van der Waals surface area contributed by atoms with E-state index in [1.165, 1.54) is 17.0 Å². The van der Waals surface area contributed by atoms with Crippen LogP contribution in [0.3, 0.4) is 0 Å². The highest BCUT2D eigenvalue weighted by molar-refractivity contribution is 9.10. The van der Waals surface area contributed by atoms with Gasteiger partial charge in [0.15, 0.2) is 0 Å². The summed E-state index contributed by atoms with van der Waals surface area (Å²) in [6, 6.07) is 11.7. The van der Waals surface area contributed by atoms with Crippen LogP contribution < -0.4 is 0 Å². The predicted molar refractivity (Wildman–Crippen MR) is 117 cm³/mol. The van der Waals surface area contributed by atoms with Crippen molar-refractivity contribution in [2.75, 3.05) is 39.4 Å². The van der Waals surface area contributed by atoms with E-state index in [-0.39, 0.29) is 11.3 Å². The highest BCUT2D eigenvalue weighted by atomic mass is 79.9. The molecule has 2 aromatic carbocycles. The number of carbonyl (C=O) groups excluding carboxylic acids is 2. The highest BCUT2D eigenvalue weighted by Crippen LogP contribution is 2.39. The number of rotatable bonds is 5. The molecule has 1 N–H and O–H groups in total. The van der Waals surface area contributed by atoms with Crippen LogP contribution in [0.4, 0.5) is 4.39 Å². The number of aliphatic hydroxyl groups is 1. The Balaban J connectivity index is 1.72. The second-order valence-corrected chi connectivity index (χ2v) is 8.42. The number of ketones is 1. The Morgan fingerprint density at radius 2 is 1.68 bits per heavy atom. The number of likely N-dealkylation sites (tertiary alicyclic amines) is 1. The van der Waals surface area contributed by atoms with Gasteiger partial charge in [0, 0.05) is 36.2 Å². The second-order valence-electron chi connectivity index (χ2n) is 7.50. The Labute approximate surface area is 188 Å². The topological polar surface area (TPSA) is 70.1 Å². The van der Waals surface area contributed by atoms with Crippen LogP contribution in [0.2, 0.25) is 0 Å². The number of aliphatic hydroxyl groups excluding tert-OH is 1. The van der Waals surface area contributed by atoms with Crippen LogP contribution in [0, 0.1) is 5.82 Å². The largest absolute Gasteiger partial charge is 0.507 e. The van der Waals surface area contributed by atoms with Crippen LogP contribution >= 0.6 is 15.9 Å². The third kappa shape index (κ3) is 4.56. The first-order chi connectivity index (χ1) is 15.0. The lowest BCUT2D eigenvalue weighted by molar-refractivity contribution is -0.140. The Kier molecular flexibility index (Phi) is 6.50. The normalized spacial score (nSPS) is 21.6. The standard InChI is InChI=1S/C23H22BrFN2O4/c24-17-5-1-16(2-6-17)21(28)19-20(15-3-7-18(25)8-4-15)27(23(30)22(19)29)10-9-26-11-13-31-14-12-26/h1-8,20,28H,9-14H2/b21-19+/t20-/m1/s1. The van der Waals surface area contributed by atoms with E-state index in [4.69, 9.17) is 4.74 Å². The molecule has 162 valence electrons. The zero-order chi connectivity index (χ0) is 22.0. The van der Waals surface area contributed by atoms with Crippen LogP contribution in [0.25, 0.3) is 5.76 Å². The van der Waals surface area contributed by atoms with Crippen molar-refractivity contribution in [3.05, 3.63) is 75.5 Å². The first kappa shape index (κ1) is 21.7. The van der Waals surface area contributed by atoms with Gasteiger partial charge >= 0.3 is 0 Å². The SMILES string of the molecule is O=C1C(=O)N(CCN2CCOCC2)[C@H](c2ccc(F)cc2)/C1=C(\O)c1ccc(Br)cc1. The summed E-state index contributed by atoms with van der Waals surface area (Å²) in [5.41, 5.74) is 1.02. The third-order valence-electron chi connectivity index (χ3n) is 5.60. The fourth-order valence-electron chi connectivity index (χ4n) is 3.94. The van der Waals surface area contributed by atoms with Crippen LogP contribution in [0.15, 0.2) is 58.6 Å². The quantitative estimate of drug-likeness (QED) is 0.397. The molecule has 0 aromatic heterocycles. The first-order valence-corrected chi connectivity index (χ1v) is 10.8. The van der Waals surface area contributed by atoms with Gasteiger partial charge in [-0.25, -0.2) is 4.39 Å². The lowest BCUT2D eigenvalue weighted by Crippen LogP contribution is -2.42. The molecule has 4 rings (SSSR count). The first-order valence-electron chi connectivity index (χ1n) is 10.1. The van der Waals surface area contributed by atoms with Crippen molar-refractivity contribution in [3.8, 4) is 0 Å². The zero-order valence-corrected chi connectivity index (χ0v) is 18.3. The number of benzene rings is 2. The molecule has 0 saturated carbocycles. The average Bonchev–Trinajstić information content (AvgIpc) is 3.04. The van der Waals surface area contributed by atoms with Gasteiger partial charge in [-0.2, -0.15) is 0 Å². The highest BCUT2D eigenvalue weighted by Gasteiger charge is 2.46. The fraction of sp³-hybridized carbons (Fsp3) is 0.304. The molecule has 0 unspecified atom stereocenters. The molecule has 1 atom stereocenters. The minimum absolute atomic E-state index is 0.0147. The number of halogens is 2. The summed E-state index contributed by atoms with van der Waals surface area (Å²) in [6.07, 6.45) is 0. The molecule has 0 spiro atoms. The Morgan fingerprint density at radius 3 is 2.32 bits per heavy atom. The molecule has 2 aromatic rings. The van der Waals surface area contributed by atoms with Crippen molar-refractivity contribution in [1.82, 2.24) is 9.80 Å². The molecular formula is C23H22BrFN2O4. The van der Waals surface area contributed by atoms with Gasteiger partial charge in [-0.3, -0.25) is 14.5 Å². The molecule has 2 fully saturated rings. The lowest BCUT2D eigenvalue weighted by atomic mass is 9.95. The van der Waals surface area contributed by atoms with Gasteiger partial charge in [0.05, 0.1) is 24.8 Å². The summed E-state index contributed by atoms with van der Waals surface area (Å²) in [5, 5.41) is 11.0. The van der Waals surface area contributed by atoms with Gasteiger partial charge < -0.3 is 14.7 Å². The van der Waals surface area contributed by atoms with Crippen LogP contribution in [-0.4, -0.2) is 66.0 Å². The summed E-state index contributed by atoms with van der Waals surface area (Å²) in [4.78, 5) is 29.5. The molecule has 8 heteroatoms. The Hall–Kier alpha value is -2.55. The van der Waals surface area contributed by atoms with E-state index >= 15 is 0 Å². The van der Waals surface area contributed by atoms with Crippen molar-refractivity contribution < 1.29 is 23.8 Å². The van der Waals surface area contributed by atoms with Crippen molar-refractivity contribution in [2.24, 2.45) is 0 Å². The number of hydrogen-bond donors (Lipinski definition) is 1. The third-order valence-corrected chi connectivity index (χ3v) is 6.13. The van der Waals surface area contributed by atoms with Gasteiger partial charge in [-0.15, -0.1) is 0 Å². The number of amides is 1. The van der Waals surface area contributed by atoms with E-state index in [0.717, 1.165) is 17.6 Å². The lowest BCUT2D eigenvalue weighted by Gasteiger charge is -2.31. The number of hydrogen-bond acceptors (Lipinski definition) is 5. The van der Waals surface area contributed by atoms with Crippen molar-refractivity contribution in [1.29, 1.82) is 0 Å². The Morgan fingerprint density at radius 1 is 1.03 bits per heavy atom. The van der Waals surface area contributed by atoms with Crippen LogP contribution in [-0.2, 0) is 14.3 Å². The maximum atomic E-state index is 13.5. The predicted octanol–water partition coefficient (Wildman–Crippen LogP) is 3.34. The number of carbonyl (C=O) groups is 2. The van der Waals surface area contributed by atoms with Crippen molar-refractivity contribution >= 4 is 33.4 Å². The van der Waals surface area contributed by atoms with Gasteiger partial charge in [0.25, 0.3) is 11.7 Å². The molecule has 31 heavy (non-hydrogen) atoms. The number of morpholine rings is 1. The van der Waals surface area contributed by atoms with Gasteiger partial charge in [-0.05, 0) is 29.8 Å². The molecule has 1 amide bonds. The van der Waals surface area contributed by atoms with E-state index in [2.05, 4.69) is 20.8 Å².